The Labute approximate surface area is 206 Å². The first-order valence-corrected chi connectivity index (χ1v) is 13.8. The van der Waals surface area contributed by atoms with Crippen molar-refractivity contribution in [2.24, 2.45) is 5.92 Å². The van der Waals surface area contributed by atoms with Crippen LogP contribution in [0.25, 0.3) is 0 Å². The average Bonchev–Trinajstić information content (AvgIpc) is 3.50. The fraction of sp³-hybridized carbons (Fsp3) is 0.591. The molecule has 1 aromatic carbocycles. The number of nitrogens with one attached hydrogen (secondary N) is 1. The standard InChI is InChI=1S/C22H28F3N5O3S2/c1-29-10-12-30(13-11-29)35(32,33)17-8-6-16(7-9-17)18(14-15-4-2-3-5-15)19(31)26-21-28-27-20(34-21)22(23,24)25/h6-9,15,18H,2-5,10-14H2,1H3,(H,26,28,31). The van der Waals surface area contributed by atoms with Crippen LogP contribution >= 0.6 is 11.3 Å². The van der Waals surface area contributed by atoms with E-state index in [1.165, 1.54) is 16.4 Å². The summed E-state index contributed by atoms with van der Waals surface area (Å²) in [7, 11) is -1.70. The van der Waals surface area contributed by atoms with Gasteiger partial charge >= 0.3 is 6.18 Å². The quantitative estimate of drug-likeness (QED) is 0.584. The van der Waals surface area contributed by atoms with E-state index in [1.807, 2.05) is 7.05 Å². The van der Waals surface area contributed by atoms with Crippen LogP contribution < -0.4 is 5.32 Å². The lowest BCUT2D eigenvalue weighted by molar-refractivity contribution is -0.138. The van der Waals surface area contributed by atoms with Crippen molar-refractivity contribution in [2.45, 2.75) is 49.1 Å². The van der Waals surface area contributed by atoms with Gasteiger partial charge in [-0.1, -0.05) is 49.2 Å². The predicted octanol–water partition coefficient (Wildman–Crippen LogP) is 3.80. The highest BCUT2D eigenvalue weighted by molar-refractivity contribution is 7.89. The zero-order chi connectivity index (χ0) is 25.2. The van der Waals surface area contributed by atoms with Crippen molar-refractivity contribution in [3.63, 3.8) is 0 Å². The molecule has 0 radical (unpaired) electrons. The second-order valence-corrected chi connectivity index (χ2v) is 12.0. The molecule has 1 atom stereocenters. The Morgan fingerprint density at radius 3 is 2.31 bits per heavy atom. The number of anilines is 1. The molecule has 1 saturated carbocycles. The molecule has 2 heterocycles. The minimum Gasteiger partial charge on any atom is -0.304 e. The first-order valence-electron chi connectivity index (χ1n) is 11.5. The van der Waals surface area contributed by atoms with Crippen molar-refractivity contribution < 1.29 is 26.4 Å². The number of aromatic nitrogens is 2. The van der Waals surface area contributed by atoms with Crippen LogP contribution in [0.2, 0.25) is 0 Å². The fourth-order valence-electron chi connectivity index (χ4n) is 4.60. The van der Waals surface area contributed by atoms with Gasteiger partial charge in [0.2, 0.25) is 26.1 Å². The number of rotatable bonds is 7. The van der Waals surface area contributed by atoms with Gasteiger partial charge in [-0.05, 0) is 37.1 Å². The van der Waals surface area contributed by atoms with Crippen LogP contribution in [0.3, 0.4) is 0 Å². The number of benzene rings is 1. The summed E-state index contributed by atoms with van der Waals surface area (Å²) in [5, 5.41) is 7.72. The van der Waals surface area contributed by atoms with E-state index < -0.39 is 33.0 Å². The summed E-state index contributed by atoms with van der Waals surface area (Å²) in [4.78, 5) is 15.4. The van der Waals surface area contributed by atoms with Crippen LogP contribution in [0.4, 0.5) is 18.3 Å². The van der Waals surface area contributed by atoms with Crippen LogP contribution in [-0.2, 0) is 21.0 Å². The molecule has 35 heavy (non-hydrogen) atoms. The second kappa shape index (κ2) is 10.5. The number of carbonyl (C=O) groups excluding carboxylic acids is 1. The molecule has 0 bridgehead atoms. The van der Waals surface area contributed by atoms with Crippen molar-refractivity contribution in [3.8, 4) is 0 Å². The first kappa shape index (κ1) is 26.0. The monoisotopic (exact) mass is 531 g/mol. The first-order chi connectivity index (χ1) is 16.5. The highest BCUT2D eigenvalue weighted by atomic mass is 32.2. The number of nitrogens with zero attached hydrogens (tertiary/aromatic N) is 4. The zero-order valence-corrected chi connectivity index (χ0v) is 20.9. The minimum absolute atomic E-state index is 0.157. The molecule has 1 unspecified atom stereocenters. The molecule has 1 amide bonds. The number of amides is 1. The van der Waals surface area contributed by atoms with Crippen LogP contribution in [0.15, 0.2) is 29.2 Å². The van der Waals surface area contributed by atoms with Gasteiger partial charge in [0.1, 0.15) is 0 Å². The summed E-state index contributed by atoms with van der Waals surface area (Å²) >= 11 is 0.278. The third-order valence-electron chi connectivity index (χ3n) is 6.64. The van der Waals surface area contributed by atoms with E-state index in [-0.39, 0.29) is 21.4 Å². The van der Waals surface area contributed by atoms with Gasteiger partial charge < -0.3 is 4.90 Å². The summed E-state index contributed by atoms with van der Waals surface area (Å²) < 4.78 is 66.1. The molecule has 1 saturated heterocycles. The Balaban J connectivity index is 1.53. The van der Waals surface area contributed by atoms with Gasteiger partial charge in [-0.25, -0.2) is 8.42 Å². The Bertz CT molecular complexity index is 1120. The predicted molar refractivity (Wildman–Crippen MR) is 126 cm³/mol. The van der Waals surface area contributed by atoms with E-state index in [2.05, 4.69) is 20.4 Å². The Kier molecular flexibility index (Phi) is 7.79. The Morgan fingerprint density at radius 1 is 1.11 bits per heavy atom. The van der Waals surface area contributed by atoms with E-state index in [4.69, 9.17) is 0 Å². The summed E-state index contributed by atoms with van der Waals surface area (Å²) in [6, 6.07) is 6.27. The molecule has 8 nitrogen and oxygen atoms in total. The number of hydrogen-bond donors (Lipinski definition) is 1. The van der Waals surface area contributed by atoms with Crippen LogP contribution in [-0.4, -0.2) is 67.0 Å². The smallest absolute Gasteiger partial charge is 0.304 e. The molecule has 2 aliphatic rings. The van der Waals surface area contributed by atoms with Crippen molar-refractivity contribution in [1.29, 1.82) is 0 Å². The molecular weight excluding hydrogens is 503 g/mol. The summed E-state index contributed by atoms with van der Waals surface area (Å²) in [5.41, 5.74) is 0.618. The lowest BCUT2D eigenvalue weighted by Gasteiger charge is -2.31. The number of carbonyl (C=O) groups is 1. The van der Waals surface area contributed by atoms with E-state index in [9.17, 15) is 26.4 Å². The molecular formula is C22H28F3N5O3S2. The molecule has 13 heteroatoms. The second-order valence-electron chi connectivity index (χ2n) is 9.11. The molecule has 2 fully saturated rings. The third kappa shape index (κ3) is 6.19. The highest BCUT2D eigenvalue weighted by Crippen LogP contribution is 2.37. The summed E-state index contributed by atoms with van der Waals surface area (Å²) in [6.07, 6.45) is 0.0166. The van der Waals surface area contributed by atoms with E-state index in [0.29, 0.717) is 44.1 Å². The van der Waals surface area contributed by atoms with Crippen LogP contribution in [0, 0.1) is 5.92 Å². The Hall–Kier alpha value is -2.09. The molecule has 0 spiro atoms. The molecule has 1 aliphatic heterocycles. The van der Waals surface area contributed by atoms with Crippen LogP contribution in [0.5, 0.6) is 0 Å². The molecule has 192 valence electrons. The summed E-state index contributed by atoms with van der Waals surface area (Å²) in [5.74, 6) is -0.798. The molecule has 4 rings (SSSR count). The van der Waals surface area contributed by atoms with E-state index in [1.54, 1.807) is 12.1 Å². The maximum atomic E-state index is 13.1. The van der Waals surface area contributed by atoms with E-state index >= 15 is 0 Å². The zero-order valence-electron chi connectivity index (χ0n) is 19.3. The number of alkyl halides is 3. The highest BCUT2D eigenvalue weighted by Gasteiger charge is 2.36. The SMILES string of the molecule is CN1CCN(S(=O)(=O)c2ccc(C(CC3CCCC3)C(=O)Nc3nnc(C(F)(F)F)s3)cc2)CC1. The largest absolute Gasteiger partial charge is 0.445 e. The topological polar surface area (TPSA) is 95.5 Å². The lowest BCUT2D eigenvalue weighted by atomic mass is 9.87. The summed E-state index contributed by atoms with van der Waals surface area (Å²) in [6.45, 7) is 2.13. The van der Waals surface area contributed by atoms with Gasteiger partial charge in [-0.3, -0.25) is 10.1 Å². The van der Waals surface area contributed by atoms with Crippen LogP contribution in [0.1, 0.15) is 48.6 Å². The lowest BCUT2D eigenvalue weighted by Crippen LogP contribution is -2.47. The number of likely N-dealkylation sites (N-methyl/N-ethyl adjacent to an activating group) is 1. The van der Waals surface area contributed by atoms with Crippen molar-refractivity contribution in [2.75, 3.05) is 38.5 Å². The fourth-order valence-corrected chi connectivity index (χ4v) is 6.64. The van der Waals surface area contributed by atoms with Gasteiger partial charge in [0, 0.05) is 26.2 Å². The Morgan fingerprint density at radius 2 is 1.74 bits per heavy atom. The molecule has 1 N–H and O–H groups in total. The van der Waals surface area contributed by atoms with Gasteiger partial charge in [0.15, 0.2) is 0 Å². The minimum atomic E-state index is -4.63. The van der Waals surface area contributed by atoms with Crippen molar-refractivity contribution >= 4 is 32.4 Å². The van der Waals surface area contributed by atoms with Gasteiger partial charge in [-0.2, -0.15) is 17.5 Å². The number of hydrogen-bond acceptors (Lipinski definition) is 7. The van der Waals surface area contributed by atoms with Gasteiger partial charge in [0.25, 0.3) is 0 Å². The maximum absolute atomic E-state index is 13.1. The van der Waals surface area contributed by atoms with Crippen molar-refractivity contribution in [3.05, 3.63) is 34.8 Å². The van der Waals surface area contributed by atoms with Gasteiger partial charge in [-0.15, -0.1) is 10.2 Å². The number of sulfonamides is 1. The van der Waals surface area contributed by atoms with E-state index in [0.717, 1.165) is 25.7 Å². The molecule has 1 aliphatic carbocycles. The third-order valence-corrected chi connectivity index (χ3v) is 9.44. The van der Waals surface area contributed by atoms with Gasteiger partial charge in [0.05, 0.1) is 10.8 Å². The number of piperazine rings is 1. The molecule has 2 aromatic rings. The normalized spacial score (nSPS) is 19.7. The maximum Gasteiger partial charge on any atom is 0.445 e. The van der Waals surface area contributed by atoms with Crippen molar-refractivity contribution in [1.82, 2.24) is 19.4 Å². The number of halogens is 3. The average molecular weight is 532 g/mol. The molecule has 1 aromatic heterocycles.